The molecule has 0 aromatic carbocycles. The highest BCUT2D eigenvalue weighted by Gasteiger charge is 2.22. The summed E-state index contributed by atoms with van der Waals surface area (Å²) < 4.78 is 10.6. The van der Waals surface area contributed by atoms with Crippen molar-refractivity contribution < 1.29 is 9.26 Å². The summed E-state index contributed by atoms with van der Waals surface area (Å²) >= 11 is 0. The Morgan fingerprint density at radius 2 is 2.11 bits per heavy atom. The van der Waals surface area contributed by atoms with Crippen molar-refractivity contribution in [3.63, 3.8) is 0 Å². The van der Waals surface area contributed by atoms with Gasteiger partial charge in [0.25, 0.3) is 0 Å². The first kappa shape index (κ1) is 15.1. The topological polar surface area (TPSA) is 60.2 Å². The maximum Gasteiger partial charge on any atom is 0.231 e. The van der Waals surface area contributed by atoms with E-state index in [2.05, 4.69) is 36.2 Å². The van der Waals surface area contributed by atoms with Crippen molar-refractivity contribution in [2.75, 3.05) is 19.8 Å². The fourth-order valence-corrected chi connectivity index (χ4v) is 2.03. The van der Waals surface area contributed by atoms with Crippen molar-refractivity contribution in [1.82, 2.24) is 15.5 Å². The highest BCUT2D eigenvalue weighted by molar-refractivity contribution is 4.98. The molecule has 1 rings (SSSR count). The van der Waals surface area contributed by atoms with Crippen LogP contribution in [-0.2, 0) is 11.2 Å². The van der Waals surface area contributed by atoms with Gasteiger partial charge in [-0.1, -0.05) is 19.0 Å². The minimum absolute atomic E-state index is 0.276. The molecule has 2 unspecified atom stereocenters. The van der Waals surface area contributed by atoms with Gasteiger partial charge in [0.1, 0.15) is 0 Å². The van der Waals surface area contributed by atoms with Crippen LogP contribution in [0.4, 0.5) is 0 Å². The van der Waals surface area contributed by atoms with Crippen LogP contribution in [0.3, 0.4) is 0 Å². The Bertz CT molecular complexity index is 328. The van der Waals surface area contributed by atoms with Crippen molar-refractivity contribution in [2.24, 2.45) is 0 Å². The van der Waals surface area contributed by atoms with Crippen molar-refractivity contribution in [2.45, 2.75) is 52.5 Å². The van der Waals surface area contributed by atoms with Crippen molar-refractivity contribution in [1.29, 1.82) is 0 Å². The average Bonchev–Trinajstić information content (AvgIpc) is 2.79. The third-order valence-corrected chi connectivity index (χ3v) is 3.04. The summed E-state index contributed by atoms with van der Waals surface area (Å²) in [5.41, 5.74) is 0. The molecule has 5 heteroatoms. The fourth-order valence-electron chi connectivity index (χ4n) is 2.03. The van der Waals surface area contributed by atoms with Gasteiger partial charge in [0.05, 0.1) is 12.5 Å². The Morgan fingerprint density at radius 3 is 2.72 bits per heavy atom. The molecule has 18 heavy (non-hydrogen) atoms. The lowest BCUT2D eigenvalue weighted by Crippen LogP contribution is -2.31. The van der Waals surface area contributed by atoms with E-state index >= 15 is 0 Å². The Labute approximate surface area is 109 Å². The van der Waals surface area contributed by atoms with E-state index in [9.17, 15) is 0 Å². The number of nitrogens with zero attached hydrogens (tertiary/aromatic N) is 2. The molecule has 0 spiro atoms. The summed E-state index contributed by atoms with van der Waals surface area (Å²) in [5, 5.41) is 7.41. The zero-order chi connectivity index (χ0) is 13.4. The van der Waals surface area contributed by atoms with Crippen LogP contribution < -0.4 is 5.32 Å². The van der Waals surface area contributed by atoms with Gasteiger partial charge in [0.15, 0.2) is 5.82 Å². The minimum Gasteiger partial charge on any atom is -0.381 e. The zero-order valence-electron chi connectivity index (χ0n) is 11.9. The maximum atomic E-state index is 5.36. The van der Waals surface area contributed by atoms with Gasteiger partial charge in [-0.25, -0.2) is 0 Å². The number of ether oxygens (including phenoxy) is 1. The van der Waals surface area contributed by atoms with Gasteiger partial charge in [0, 0.05) is 19.1 Å². The summed E-state index contributed by atoms with van der Waals surface area (Å²) in [7, 11) is 0. The summed E-state index contributed by atoms with van der Waals surface area (Å²) in [5.74, 6) is 1.75. The number of aromatic nitrogens is 2. The van der Waals surface area contributed by atoms with Gasteiger partial charge in [-0.2, -0.15) is 4.98 Å². The molecule has 0 aliphatic heterocycles. The molecule has 1 N–H and O–H groups in total. The number of nitrogens with one attached hydrogen (secondary N) is 1. The number of hydrogen-bond acceptors (Lipinski definition) is 5. The summed E-state index contributed by atoms with van der Waals surface area (Å²) in [6.07, 6.45) is 1.70. The zero-order valence-corrected chi connectivity index (χ0v) is 11.9. The Morgan fingerprint density at radius 1 is 1.33 bits per heavy atom. The first-order valence-electron chi connectivity index (χ1n) is 6.86. The molecule has 1 heterocycles. The molecule has 0 saturated carbocycles. The molecule has 104 valence electrons. The van der Waals surface area contributed by atoms with E-state index in [1.165, 1.54) is 0 Å². The average molecular weight is 255 g/mol. The number of likely N-dealkylation sites (N-methyl/N-ethyl adjacent to an activating group) is 1. The molecule has 2 atom stereocenters. The van der Waals surface area contributed by atoms with E-state index in [0.717, 1.165) is 31.3 Å². The first-order valence-corrected chi connectivity index (χ1v) is 6.86. The molecule has 0 radical (unpaired) electrons. The molecule has 1 aromatic heterocycles. The van der Waals surface area contributed by atoms with E-state index in [0.29, 0.717) is 19.1 Å². The highest BCUT2D eigenvalue weighted by Crippen LogP contribution is 2.21. The minimum atomic E-state index is 0.276. The lowest BCUT2D eigenvalue weighted by atomic mass is 9.98. The van der Waals surface area contributed by atoms with E-state index < -0.39 is 0 Å². The van der Waals surface area contributed by atoms with Crippen molar-refractivity contribution in [3.8, 4) is 0 Å². The first-order chi connectivity index (χ1) is 8.72. The van der Waals surface area contributed by atoms with Crippen molar-refractivity contribution >= 4 is 0 Å². The van der Waals surface area contributed by atoms with E-state index in [4.69, 9.17) is 9.26 Å². The van der Waals surface area contributed by atoms with Crippen LogP contribution in [0.25, 0.3) is 0 Å². The second kappa shape index (κ2) is 8.21. The lowest BCUT2D eigenvalue weighted by Gasteiger charge is -2.19. The molecule has 0 amide bonds. The summed E-state index contributed by atoms with van der Waals surface area (Å²) in [6, 6.07) is 0.347. The monoisotopic (exact) mass is 255 g/mol. The molecule has 0 aliphatic rings. The summed E-state index contributed by atoms with van der Waals surface area (Å²) in [6.45, 7) is 10.7. The SMILES string of the molecule is CCNC(C)C(CC)c1nc(CCOCC)no1. The summed E-state index contributed by atoms with van der Waals surface area (Å²) in [4.78, 5) is 4.46. The van der Waals surface area contributed by atoms with Crippen LogP contribution in [0.2, 0.25) is 0 Å². The molecule has 0 saturated heterocycles. The smallest absolute Gasteiger partial charge is 0.231 e. The van der Waals surface area contributed by atoms with E-state index in [1.807, 2.05) is 6.92 Å². The van der Waals surface area contributed by atoms with Crippen LogP contribution in [-0.4, -0.2) is 35.9 Å². The number of hydrogen-bond donors (Lipinski definition) is 1. The van der Waals surface area contributed by atoms with Crippen LogP contribution in [0.5, 0.6) is 0 Å². The Hall–Kier alpha value is -0.940. The number of rotatable bonds is 9. The second-order valence-electron chi connectivity index (χ2n) is 4.36. The lowest BCUT2D eigenvalue weighted by molar-refractivity contribution is 0.149. The third-order valence-electron chi connectivity index (χ3n) is 3.04. The second-order valence-corrected chi connectivity index (χ2v) is 4.36. The molecule has 0 fully saturated rings. The van der Waals surface area contributed by atoms with Gasteiger partial charge in [-0.05, 0) is 26.8 Å². The molecule has 0 bridgehead atoms. The Balaban J connectivity index is 2.58. The van der Waals surface area contributed by atoms with Crippen LogP contribution in [0, 0.1) is 0 Å². The largest absolute Gasteiger partial charge is 0.381 e. The quantitative estimate of drug-likeness (QED) is 0.685. The highest BCUT2D eigenvalue weighted by atomic mass is 16.5. The molecule has 0 aliphatic carbocycles. The van der Waals surface area contributed by atoms with Gasteiger partial charge in [0.2, 0.25) is 5.89 Å². The van der Waals surface area contributed by atoms with Gasteiger partial charge >= 0.3 is 0 Å². The van der Waals surface area contributed by atoms with E-state index in [-0.39, 0.29) is 5.92 Å². The molecular formula is C13H25N3O2. The molecular weight excluding hydrogens is 230 g/mol. The fraction of sp³-hybridized carbons (Fsp3) is 0.846. The predicted molar refractivity (Wildman–Crippen MR) is 70.7 cm³/mol. The van der Waals surface area contributed by atoms with Gasteiger partial charge < -0.3 is 14.6 Å². The van der Waals surface area contributed by atoms with Gasteiger partial charge in [-0.3, -0.25) is 0 Å². The van der Waals surface area contributed by atoms with Crippen LogP contribution >= 0.6 is 0 Å². The molecule has 5 nitrogen and oxygen atoms in total. The normalized spacial score (nSPS) is 14.7. The third kappa shape index (κ3) is 4.38. The van der Waals surface area contributed by atoms with Gasteiger partial charge in [-0.15, -0.1) is 0 Å². The van der Waals surface area contributed by atoms with Crippen LogP contribution in [0.15, 0.2) is 4.52 Å². The van der Waals surface area contributed by atoms with E-state index in [1.54, 1.807) is 0 Å². The molecule has 1 aromatic rings. The van der Waals surface area contributed by atoms with Crippen molar-refractivity contribution in [3.05, 3.63) is 11.7 Å². The predicted octanol–water partition coefficient (Wildman–Crippen LogP) is 2.14. The standard InChI is InChI=1S/C13H25N3O2/c1-5-11(10(4)14-6-2)13-15-12(16-18-13)8-9-17-7-3/h10-11,14H,5-9H2,1-4H3. The van der Waals surface area contributed by atoms with Crippen LogP contribution in [0.1, 0.15) is 51.7 Å². The maximum absolute atomic E-state index is 5.36. The Kier molecular flexibility index (Phi) is 6.90.